The second kappa shape index (κ2) is 5.72. The molecule has 1 atom stereocenters. The Labute approximate surface area is 114 Å². The Balaban J connectivity index is 2.07. The van der Waals surface area contributed by atoms with Crippen LogP contribution >= 0.6 is 0 Å². The van der Waals surface area contributed by atoms with E-state index in [2.05, 4.69) is 11.8 Å². The van der Waals surface area contributed by atoms with Gasteiger partial charge < -0.3 is 0 Å². The lowest BCUT2D eigenvalue weighted by atomic mass is 10.2. The van der Waals surface area contributed by atoms with E-state index in [0.717, 1.165) is 19.4 Å². The minimum atomic E-state index is -3.30. The fourth-order valence-corrected chi connectivity index (χ4v) is 3.74. The monoisotopic (exact) mass is 278 g/mol. The molecular weight excluding hydrogens is 260 g/mol. The highest BCUT2D eigenvalue weighted by molar-refractivity contribution is 7.91. The van der Waals surface area contributed by atoms with Gasteiger partial charge in [0.1, 0.15) is 0 Å². The lowest BCUT2D eigenvalue weighted by molar-refractivity contribution is 0.284. The molecule has 0 N–H and O–H groups in total. The molecular formula is C14H18N2O2S. The maximum absolute atomic E-state index is 12.2. The summed E-state index contributed by atoms with van der Waals surface area (Å²) >= 11 is 0. The molecule has 0 spiro atoms. The van der Waals surface area contributed by atoms with E-state index in [1.807, 2.05) is 6.07 Å². The maximum Gasteiger partial charge on any atom is 0.179 e. The molecule has 1 saturated heterocycles. The van der Waals surface area contributed by atoms with Crippen LogP contribution in [0.1, 0.15) is 25.3 Å². The Bertz CT molecular complexity index is 590. The molecule has 1 aromatic rings. The van der Waals surface area contributed by atoms with E-state index < -0.39 is 9.84 Å². The van der Waals surface area contributed by atoms with E-state index in [1.165, 1.54) is 6.07 Å². The number of rotatable bonds is 4. The lowest BCUT2D eigenvalue weighted by Crippen LogP contribution is -2.31. The van der Waals surface area contributed by atoms with Gasteiger partial charge in [0.05, 0.1) is 22.3 Å². The molecule has 1 fully saturated rings. The Hall–Kier alpha value is -1.38. The first kappa shape index (κ1) is 14.0. The normalized spacial score (nSPS) is 20.3. The van der Waals surface area contributed by atoms with E-state index in [1.54, 1.807) is 18.2 Å². The quantitative estimate of drug-likeness (QED) is 0.843. The van der Waals surface area contributed by atoms with Gasteiger partial charge in [0.15, 0.2) is 9.84 Å². The highest BCUT2D eigenvalue weighted by atomic mass is 32.2. The predicted octanol–water partition coefficient (Wildman–Crippen LogP) is 1.82. The molecule has 5 heteroatoms. The topological polar surface area (TPSA) is 61.2 Å². The van der Waals surface area contributed by atoms with Crippen molar-refractivity contribution in [1.29, 1.82) is 5.26 Å². The highest BCUT2D eigenvalue weighted by Gasteiger charge is 2.23. The van der Waals surface area contributed by atoms with Crippen LogP contribution < -0.4 is 0 Å². The van der Waals surface area contributed by atoms with Crippen LogP contribution in [-0.2, 0) is 9.84 Å². The fraction of sp³-hybridized carbons (Fsp3) is 0.500. The summed E-state index contributed by atoms with van der Waals surface area (Å²) in [6.07, 6.45) is 2.29. The van der Waals surface area contributed by atoms with E-state index in [-0.39, 0.29) is 10.6 Å². The first-order valence-corrected chi connectivity index (χ1v) is 8.15. The number of hydrogen-bond acceptors (Lipinski definition) is 4. The summed E-state index contributed by atoms with van der Waals surface area (Å²) < 4.78 is 24.5. The van der Waals surface area contributed by atoms with E-state index in [4.69, 9.17) is 5.26 Å². The molecule has 0 aliphatic carbocycles. The number of sulfone groups is 1. The molecule has 2 rings (SSSR count). The van der Waals surface area contributed by atoms with Crippen LogP contribution in [-0.4, -0.2) is 38.2 Å². The molecule has 1 heterocycles. The summed E-state index contributed by atoms with van der Waals surface area (Å²) in [5, 5.41) is 8.81. The second-order valence-electron chi connectivity index (χ2n) is 4.99. The van der Waals surface area contributed by atoms with Crippen molar-refractivity contribution < 1.29 is 8.42 Å². The zero-order valence-corrected chi connectivity index (χ0v) is 11.9. The van der Waals surface area contributed by atoms with Gasteiger partial charge in [-0.15, -0.1) is 0 Å². The van der Waals surface area contributed by atoms with Crippen LogP contribution in [0.4, 0.5) is 0 Å². The number of likely N-dealkylation sites (tertiary alicyclic amines) is 1. The van der Waals surface area contributed by atoms with Gasteiger partial charge in [-0.1, -0.05) is 6.07 Å². The fourth-order valence-electron chi connectivity index (χ4n) is 2.44. The molecule has 0 saturated carbocycles. The molecule has 19 heavy (non-hydrogen) atoms. The van der Waals surface area contributed by atoms with E-state index in [0.29, 0.717) is 18.2 Å². The van der Waals surface area contributed by atoms with Crippen molar-refractivity contribution in [3.63, 3.8) is 0 Å². The van der Waals surface area contributed by atoms with Gasteiger partial charge in [-0.05, 0) is 44.5 Å². The average molecular weight is 278 g/mol. The smallest absolute Gasteiger partial charge is 0.179 e. The second-order valence-corrected chi connectivity index (χ2v) is 7.09. The maximum atomic E-state index is 12.2. The van der Waals surface area contributed by atoms with Crippen LogP contribution in [0.2, 0.25) is 0 Å². The van der Waals surface area contributed by atoms with Gasteiger partial charge in [-0.3, -0.25) is 4.90 Å². The largest absolute Gasteiger partial charge is 0.300 e. The van der Waals surface area contributed by atoms with Gasteiger partial charge in [0.2, 0.25) is 0 Å². The third-order valence-corrected chi connectivity index (χ3v) is 5.35. The minimum Gasteiger partial charge on any atom is -0.300 e. The molecule has 4 nitrogen and oxygen atoms in total. The van der Waals surface area contributed by atoms with E-state index >= 15 is 0 Å². The average Bonchev–Trinajstić information content (AvgIpc) is 2.82. The molecule has 0 aromatic heterocycles. The highest BCUT2D eigenvalue weighted by Crippen LogP contribution is 2.18. The molecule has 0 bridgehead atoms. The van der Waals surface area contributed by atoms with Crippen molar-refractivity contribution >= 4 is 9.84 Å². The number of nitrogens with zero attached hydrogens (tertiary/aromatic N) is 2. The van der Waals surface area contributed by atoms with Crippen molar-refractivity contribution in [2.24, 2.45) is 0 Å². The molecule has 0 amide bonds. The van der Waals surface area contributed by atoms with Gasteiger partial charge in [-0.2, -0.15) is 5.26 Å². The molecule has 1 unspecified atom stereocenters. The van der Waals surface area contributed by atoms with Gasteiger partial charge in [0, 0.05) is 12.6 Å². The Morgan fingerprint density at radius 3 is 2.89 bits per heavy atom. The Morgan fingerprint density at radius 2 is 2.26 bits per heavy atom. The summed E-state index contributed by atoms with van der Waals surface area (Å²) in [6.45, 7) is 3.69. The summed E-state index contributed by atoms with van der Waals surface area (Å²) in [6, 6.07) is 8.68. The van der Waals surface area contributed by atoms with E-state index in [9.17, 15) is 8.42 Å². The van der Waals surface area contributed by atoms with Gasteiger partial charge >= 0.3 is 0 Å². The summed E-state index contributed by atoms with van der Waals surface area (Å²) in [7, 11) is -3.30. The summed E-state index contributed by atoms with van der Waals surface area (Å²) in [4.78, 5) is 2.46. The molecule has 1 aliphatic rings. The van der Waals surface area contributed by atoms with Crippen molar-refractivity contribution in [3.8, 4) is 6.07 Å². The summed E-state index contributed by atoms with van der Waals surface area (Å²) in [5.41, 5.74) is 0.385. The predicted molar refractivity (Wildman–Crippen MR) is 73.5 cm³/mol. The van der Waals surface area contributed by atoms with Crippen LogP contribution in [0.25, 0.3) is 0 Å². The standard InChI is InChI=1S/C14H18N2O2S/c1-12-4-3-7-16(12)8-9-19(17,18)14-6-2-5-13(10-14)11-15/h2,5-6,10,12H,3-4,7-9H2,1H3. The number of hydrogen-bond donors (Lipinski definition) is 0. The SMILES string of the molecule is CC1CCCN1CCS(=O)(=O)c1cccc(C#N)c1. The first-order chi connectivity index (χ1) is 9.03. The lowest BCUT2D eigenvalue weighted by Gasteiger charge is -2.20. The number of benzene rings is 1. The first-order valence-electron chi connectivity index (χ1n) is 6.50. The van der Waals surface area contributed by atoms with Gasteiger partial charge in [-0.25, -0.2) is 8.42 Å². The van der Waals surface area contributed by atoms with Crippen molar-refractivity contribution in [3.05, 3.63) is 29.8 Å². The third-order valence-electron chi connectivity index (χ3n) is 3.66. The number of nitriles is 1. The molecule has 1 aromatic carbocycles. The van der Waals surface area contributed by atoms with Crippen LogP contribution in [0.5, 0.6) is 0 Å². The van der Waals surface area contributed by atoms with Crippen molar-refractivity contribution in [2.45, 2.75) is 30.7 Å². The Kier molecular flexibility index (Phi) is 4.23. The molecule has 1 aliphatic heterocycles. The van der Waals surface area contributed by atoms with Gasteiger partial charge in [0.25, 0.3) is 0 Å². The van der Waals surface area contributed by atoms with Crippen molar-refractivity contribution in [1.82, 2.24) is 4.90 Å². The zero-order valence-electron chi connectivity index (χ0n) is 11.0. The van der Waals surface area contributed by atoms with Crippen LogP contribution in [0.15, 0.2) is 29.2 Å². The molecule has 102 valence electrons. The molecule has 0 radical (unpaired) electrons. The van der Waals surface area contributed by atoms with Crippen LogP contribution in [0, 0.1) is 11.3 Å². The zero-order chi connectivity index (χ0) is 13.9. The minimum absolute atomic E-state index is 0.117. The third kappa shape index (κ3) is 3.34. The van der Waals surface area contributed by atoms with Crippen LogP contribution in [0.3, 0.4) is 0 Å². The Morgan fingerprint density at radius 1 is 1.47 bits per heavy atom. The van der Waals surface area contributed by atoms with Crippen molar-refractivity contribution in [2.75, 3.05) is 18.8 Å². The summed E-state index contributed by atoms with van der Waals surface area (Å²) in [5.74, 6) is 0.117.